The maximum absolute atomic E-state index is 12.4. The minimum atomic E-state index is -3.61. The number of carbonyl (C=O) groups excluding carboxylic acids is 1. The zero-order valence-corrected chi connectivity index (χ0v) is 16.0. The number of amides is 1. The average molecular weight is 395 g/mol. The first-order valence-corrected chi connectivity index (χ1v) is 9.52. The van der Waals surface area contributed by atoms with Crippen LogP contribution in [-0.4, -0.2) is 57.8 Å². The third kappa shape index (κ3) is 5.11. The molecule has 1 aromatic carbocycles. The van der Waals surface area contributed by atoms with Gasteiger partial charge in [-0.25, -0.2) is 13.1 Å². The number of carboxylic acid groups (broad SMARTS) is 1. The van der Waals surface area contributed by atoms with E-state index in [4.69, 9.17) is 5.11 Å². The van der Waals surface area contributed by atoms with Gasteiger partial charge in [-0.1, -0.05) is 5.21 Å². The van der Waals surface area contributed by atoms with Crippen LogP contribution in [0.3, 0.4) is 0 Å². The summed E-state index contributed by atoms with van der Waals surface area (Å²) >= 11 is 0. The van der Waals surface area contributed by atoms with Gasteiger partial charge in [0.1, 0.15) is 12.2 Å². The first-order valence-electron chi connectivity index (χ1n) is 8.08. The highest BCUT2D eigenvalue weighted by Gasteiger charge is 2.23. The van der Waals surface area contributed by atoms with E-state index in [2.05, 4.69) is 15.6 Å². The number of carbonyl (C=O) groups is 2. The molecule has 0 saturated heterocycles. The standard InChI is InChI=1S/C16H21N5O5S/c1-11(2)20(3)27(25,26)14-6-4-12(5-7-14)16(24)17-8-13-9-21(19-18-13)10-15(22)23/h4-7,9,11H,8,10H2,1-3H3,(H,17,24)(H,22,23). The van der Waals surface area contributed by atoms with E-state index >= 15 is 0 Å². The van der Waals surface area contributed by atoms with E-state index in [0.29, 0.717) is 11.3 Å². The Hall–Kier alpha value is -2.79. The third-order valence-corrected chi connectivity index (χ3v) is 5.88. The molecule has 0 radical (unpaired) electrons. The van der Waals surface area contributed by atoms with E-state index < -0.39 is 21.9 Å². The average Bonchev–Trinajstić information content (AvgIpc) is 3.05. The predicted octanol–water partition coefficient (Wildman–Crippen LogP) is 0.322. The van der Waals surface area contributed by atoms with Crippen LogP contribution in [0.1, 0.15) is 29.9 Å². The van der Waals surface area contributed by atoms with Crippen molar-refractivity contribution < 1.29 is 23.1 Å². The third-order valence-electron chi connectivity index (χ3n) is 3.83. The van der Waals surface area contributed by atoms with Crippen molar-refractivity contribution in [1.29, 1.82) is 0 Å². The highest BCUT2D eigenvalue weighted by molar-refractivity contribution is 7.89. The number of aromatic nitrogens is 3. The Morgan fingerprint density at radius 2 is 1.89 bits per heavy atom. The second-order valence-electron chi connectivity index (χ2n) is 6.12. The molecule has 146 valence electrons. The molecule has 0 bridgehead atoms. The highest BCUT2D eigenvalue weighted by Crippen LogP contribution is 2.17. The molecule has 2 rings (SSSR count). The van der Waals surface area contributed by atoms with Crippen LogP contribution in [0.25, 0.3) is 0 Å². The molecule has 0 atom stereocenters. The number of aliphatic carboxylic acids is 1. The van der Waals surface area contributed by atoms with Crippen molar-refractivity contribution >= 4 is 21.9 Å². The summed E-state index contributed by atoms with van der Waals surface area (Å²) < 4.78 is 27.2. The van der Waals surface area contributed by atoms with Crippen LogP contribution in [0.2, 0.25) is 0 Å². The summed E-state index contributed by atoms with van der Waals surface area (Å²) in [7, 11) is -2.11. The van der Waals surface area contributed by atoms with Gasteiger partial charge in [0.2, 0.25) is 10.0 Å². The SMILES string of the molecule is CC(C)N(C)S(=O)(=O)c1ccc(C(=O)NCc2cn(CC(=O)O)nn2)cc1. The molecule has 0 saturated carbocycles. The molecule has 1 aromatic heterocycles. The summed E-state index contributed by atoms with van der Waals surface area (Å²) in [5.41, 5.74) is 0.696. The topological polar surface area (TPSA) is 134 Å². The number of benzene rings is 1. The van der Waals surface area contributed by atoms with Crippen LogP contribution < -0.4 is 5.32 Å². The molecule has 0 aliphatic carbocycles. The zero-order valence-electron chi connectivity index (χ0n) is 15.2. The molecule has 0 aliphatic heterocycles. The number of hydrogen-bond donors (Lipinski definition) is 2. The molecular weight excluding hydrogens is 374 g/mol. The van der Waals surface area contributed by atoms with Gasteiger partial charge < -0.3 is 10.4 Å². The second kappa shape index (κ2) is 8.27. The van der Waals surface area contributed by atoms with Crippen molar-refractivity contribution in [3.8, 4) is 0 Å². The van der Waals surface area contributed by atoms with Crippen LogP contribution in [0.4, 0.5) is 0 Å². The Kier molecular flexibility index (Phi) is 6.28. The van der Waals surface area contributed by atoms with Gasteiger partial charge in [0.05, 0.1) is 17.6 Å². The number of sulfonamides is 1. The van der Waals surface area contributed by atoms with Crippen LogP contribution >= 0.6 is 0 Å². The molecule has 0 aliphatic rings. The lowest BCUT2D eigenvalue weighted by Crippen LogP contribution is -2.33. The van der Waals surface area contributed by atoms with Gasteiger partial charge in [-0.15, -0.1) is 5.10 Å². The van der Waals surface area contributed by atoms with Crippen LogP contribution in [0.15, 0.2) is 35.4 Å². The Bertz CT molecular complexity index is 921. The number of carboxylic acids is 1. The fourth-order valence-electron chi connectivity index (χ4n) is 2.13. The Labute approximate surface area is 156 Å². The zero-order chi connectivity index (χ0) is 20.2. The molecule has 1 amide bonds. The largest absolute Gasteiger partial charge is 0.480 e. The minimum Gasteiger partial charge on any atom is -0.480 e. The highest BCUT2D eigenvalue weighted by atomic mass is 32.2. The maximum atomic E-state index is 12.4. The molecule has 2 N–H and O–H groups in total. The van der Waals surface area contributed by atoms with Crippen molar-refractivity contribution in [2.24, 2.45) is 0 Å². The number of rotatable bonds is 8. The quantitative estimate of drug-likeness (QED) is 0.657. The maximum Gasteiger partial charge on any atom is 0.325 e. The van der Waals surface area contributed by atoms with Crippen molar-refractivity contribution in [3.05, 3.63) is 41.7 Å². The van der Waals surface area contributed by atoms with Crippen molar-refractivity contribution in [1.82, 2.24) is 24.6 Å². The van der Waals surface area contributed by atoms with Crippen LogP contribution in [0.5, 0.6) is 0 Å². The van der Waals surface area contributed by atoms with E-state index in [1.165, 1.54) is 41.8 Å². The molecular formula is C16H21N5O5S. The van der Waals surface area contributed by atoms with Gasteiger partial charge in [-0.3, -0.25) is 9.59 Å². The van der Waals surface area contributed by atoms with E-state index in [-0.39, 0.29) is 24.0 Å². The minimum absolute atomic E-state index is 0.0641. The van der Waals surface area contributed by atoms with Crippen molar-refractivity contribution in [3.63, 3.8) is 0 Å². The lowest BCUT2D eigenvalue weighted by molar-refractivity contribution is -0.137. The number of hydrogen-bond acceptors (Lipinski definition) is 6. The Morgan fingerprint density at radius 3 is 2.44 bits per heavy atom. The summed E-state index contributed by atoms with van der Waals surface area (Å²) in [5.74, 6) is -1.46. The molecule has 1 heterocycles. The summed E-state index contributed by atoms with van der Waals surface area (Å²) in [5, 5.41) is 18.7. The van der Waals surface area contributed by atoms with Crippen molar-refractivity contribution in [2.45, 2.75) is 37.9 Å². The van der Waals surface area contributed by atoms with Gasteiger partial charge in [0.25, 0.3) is 5.91 Å². The summed E-state index contributed by atoms with van der Waals surface area (Å²) in [4.78, 5) is 22.9. The van der Waals surface area contributed by atoms with Crippen LogP contribution in [-0.2, 0) is 27.9 Å². The fraction of sp³-hybridized carbons (Fsp3) is 0.375. The van der Waals surface area contributed by atoms with Crippen LogP contribution in [0, 0.1) is 0 Å². The number of nitrogens with one attached hydrogen (secondary N) is 1. The number of nitrogens with zero attached hydrogens (tertiary/aromatic N) is 4. The van der Waals surface area contributed by atoms with E-state index in [1.807, 2.05) is 0 Å². The molecule has 10 nitrogen and oxygen atoms in total. The van der Waals surface area contributed by atoms with Gasteiger partial charge in [0.15, 0.2) is 0 Å². The predicted molar refractivity (Wildman–Crippen MR) is 95.4 cm³/mol. The Balaban J connectivity index is 2.01. The van der Waals surface area contributed by atoms with E-state index in [1.54, 1.807) is 13.8 Å². The molecule has 2 aromatic rings. The van der Waals surface area contributed by atoms with Gasteiger partial charge in [-0.2, -0.15) is 4.31 Å². The summed E-state index contributed by atoms with van der Waals surface area (Å²) in [6.45, 7) is 3.29. The molecule has 0 spiro atoms. The first kappa shape index (κ1) is 20.5. The lowest BCUT2D eigenvalue weighted by Gasteiger charge is -2.21. The summed E-state index contributed by atoms with van der Waals surface area (Å²) in [6, 6.07) is 5.43. The first-order chi connectivity index (χ1) is 12.6. The molecule has 0 unspecified atom stereocenters. The van der Waals surface area contributed by atoms with Gasteiger partial charge >= 0.3 is 5.97 Å². The molecule has 0 fully saturated rings. The van der Waals surface area contributed by atoms with E-state index in [0.717, 1.165) is 4.68 Å². The molecule has 11 heteroatoms. The summed E-state index contributed by atoms with van der Waals surface area (Å²) in [6.07, 6.45) is 1.42. The van der Waals surface area contributed by atoms with Gasteiger partial charge in [0, 0.05) is 18.7 Å². The van der Waals surface area contributed by atoms with Crippen molar-refractivity contribution in [2.75, 3.05) is 7.05 Å². The lowest BCUT2D eigenvalue weighted by atomic mass is 10.2. The monoisotopic (exact) mass is 395 g/mol. The second-order valence-corrected chi connectivity index (χ2v) is 8.12. The fourth-order valence-corrected chi connectivity index (χ4v) is 3.50. The molecule has 27 heavy (non-hydrogen) atoms. The van der Waals surface area contributed by atoms with Gasteiger partial charge in [-0.05, 0) is 38.1 Å². The smallest absolute Gasteiger partial charge is 0.325 e. The normalized spacial score (nSPS) is 11.7. The Morgan fingerprint density at radius 1 is 1.26 bits per heavy atom. The van der Waals surface area contributed by atoms with E-state index in [9.17, 15) is 18.0 Å².